The van der Waals surface area contributed by atoms with Crippen molar-refractivity contribution in [3.63, 3.8) is 0 Å². The SMILES string of the molecule is O=C1CC([n+]2c[nH]c3ccccc32)C(=O)N1c1ccc(Cl)cc1. The van der Waals surface area contributed by atoms with Crippen molar-refractivity contribution in [1.82, 2.24) is 4.98 Å². The van der Waals surface area contributed by atoms with E-state index in [0.29, 0.717) is 10.7 Å². The number of aromatic amines is 1. The molecule has 1 aliphatic heterocycles. The zero-order valence-corrected chi connectivity index (χ0v) is 12.8. The van der Waals surface area contributed by atoms with E-state index in [1.165, 1.54) is 4.90 Å². The summed E-state index contributed by atoms with van der Waals surface area (Å²) in [6.45, 7) is 0. The second kappa shape index (κ2) is 5.21. The van der Waals surface area contributed by atoms with Gasteiger partial charge in [-0.2, -0.15) is 0 Å². The molecule has 0 spiro atoms. The van der Waals surface area contributed by atoms with Crippen LogP contribution in [-0.4, -0.2) is 16.8 Å². The Hall–Kier alpha value is -2.66. The molecule has 2 amide bonds. The lowest BCUT2D eigenvalue weighted by atomic mass is 10.2. The molecule has 1 atom stereocenters. The van der Waals surface area contributed by atoms with Gasteiger partial charge in [0.25, 0.3) is 5.91 Å². The first kappa shape index (κ1) is 14.0. The molecule has 23 heavy (non-hydrogen) atoms. The lowest BCUT2D eigenvalue weighted by Gasteiger charge is -2.14. The summed E-state index contributed by atoms with van der Waals surface area (Å²) < 4.78 is 1.82. The number of amides is 2. The molecule has 0 radical (unpaired) electrons. The van der Waals surface area contributed by atoms with Crippen LogP contribution in [0.15, 0.2) is 54.9 Å². The Morgan fingerprint density at radius 1 is 1.09 bits per heavy atom. The first-order valence-corrected chi connectivity index (χ1v) is 7.62. The van der Waals surface area contributed by atoms with Gasteiger partial charge in [-0.25, -0.2) is 14.5 Å². The summed E-state index contributed by atoms with van der Waals surface area (Å²) >= 11 is 5.87. The average Bonchev–Trinajstić information content (AvgIpc) is 3.10. The molecule has 2 heterocycles. The van der Waals surface area contributed by atoms with Crippen LogP contribution in [0.4, 0.5) is 5.69 Å². The van der Waals surface area contributed by atoms with E-state index in [2.05, 4.69) is 4.98 Å². The maximum absolute atomic E-state index is 12.8. The monoisotopic (exact) mass is 326 g/mol. The zero-order chi connectivity index (χ0) is 16.0. The summed E-state index contributed by atoms with van der Waals surface area (Å²) in [5.41, 5.74) is 2.38. The van der Waals surface area contributed by atoms with Gasteiger partial charge in [-0.05, 0) is 36.4 Å². The largest absolute Gasteiger partial charge is 0.279 e. The first-order chi connectivity index (χ1) is 11.1. The number of imidazole rings is 1. The quantitative estimate of drug-likeness (QED) is 0.581. The lowest BCUT2D eigenvalue weighted by molar-refractivity contribution is -0.681. The third kappa shape index (κ3) is 2.21. The van der Waals surface area contributed by atoms with Crippen LogP contribution in [-0.2, 0) is 9.59 Å². The molecule has 1 saturated heterocycles. The number of anilines is 1. The molecule has 1 aromatic heterocycles. The molecule has 5 nitrogen and oxygen atoms in total. The van der Waals surface area contributed by atoms with E-state index in [0.717, 1.165) is 11.0 Å². The van der Waals surface area contributed by atoms with Crippen molar-refractivity contribution in [3.8, 4) is 0 Å². The Balaban J connectivity index is 1.74. The van der Waals surface area contributed by atoms with Crippen molar-refractivity contribution in [3.05, 3.63) is 59.9 Å². The Bertz CT molecular complexity index is 917. The molecule has 1 N–H and O–H groups in total. The van der Waals surface area contributed by atoms with Crippen LogP contribution < -0.4 is 9.47 Å². The fraction of sp³-hybridized carbons (Fsp3) is 0.118. The summed E-state index contributed by atoms with van der Waals surface area (Å²) in [6.07, 6.45) is 1.89. The summed E-state index contributed by atoms with van der Waals surface area (Å²) in [5, 5.41) is 0.565. The molecule has 1 fully saturated rings. The van der Waals surface area contributed by atoms with Gasteiger partial charge < -0.3 is 0 Å². The van der Waals surface area contributed by atoms with Gasteiger partial charge in [0.05, 0.1) is 12.1 Å². The highest BCUT2D eigenvalue weighted by atomic mass is 35.5. The minimum absolute atomic E-state index is 0.147. The molecular formula is C17H13ClN3O2+. The highest BCUT2D eigenvalue weighted by molar-refractivity contribution is 6.30. The Labute approximate surface area is 137 Å². The fourth-order valence-electron chi connectivity index (χ4n) is 2.98. The minimum atomic E-state index is -0.533. The number of hydrogen-bond donors (Lipinski definition) is 1. The predicted molar refractivity (Wildman–Crippen MR) is 86.1 cm³/mol. The molecule has 3 aromatic rings. The van der Waals surface area contributed by atoms with Gasteiger partial charge in [-0.1, -0.05) is 23.7 Å². The van der Waals surface area contributed by atoms with E-state index in [9.17, 15) is 9.59 Å². The maximum Gasteiger partial charge on any atom is 0.279 e. The molecule has 6 heteroatoms. The Kier molecular flexibility index (Phi) is 3.16. The van der Waals surface area contributed by atoms with E-state index in [1.54, 1.807) is 30.6 Å². The lowest BCUT2D eigenvalue weighted by Crippen LogP contribution is -2.43. The smallest absolute Gasteiger partial charge is 0.274 e. The molecule has 1 aliphatic rings. The van der Waals surface area contributed by atoms with Gasteiger partial charge in [-0.15, -0.1) is 0 Å². The van der Waals surface area contributed by atoms with Crippen molar-refractivity contribution in [2.75, 3.05) is 4.90 Å². The summed E-state index contributed by atoms with van der Waals surface area (Å²) in [5.74, 6) is -0.438. The number of imide groups is 1. The maximum atomic E-state index is 12.8. The summed E-state index contributed by atoms with van der Waals surface area (Å²) in [4.78, 5) is 29.5. The van der Waals surface area contributed by atoms with Crippen molar-refractivity contribution < 1.29 is 14.2 Å². The molecule has 114 valence electrons. The van der Waals surface area contributed by atoms with Crippen LogP contribution in [0.2, 0.25) is 5.02 Å². The molecule has 0 aliphatic carbocycles. The molecule has 2 aromatic carbocycles. The van der Waals surface area contributed by atoms with E-state index in [4.69, 9.17) is 11.6 Å². The molecule has 1 unspecified atom stereocenters. The van der Waals surface area contributed by atoms with E-state index < -0.39 is 6.04 Å². The number of carbonyl (C=O) groups is 2. The van der Waals surface area contributed by atoms with Gasteiger partial charge in [0.2, 0.25) is 12.2 Å². The molecule has 4 rings (SSSR count). The van der Waals surface area contributed by atoms with Crippen LogP contribution in [0.1, 0.15) is 12.5 Å². The van der Waals surface area contributed by atoms with Crippen LogP contribution in [0.25, 0.3) is 11.0 Å². The van der Waals surface area contributed by atoms with Gasteiger partial charge >= 0.3 is 0 Å². The number of para-hydroxylation sites is 2. The number of fused-ring (bicyclic) bond motifs is 1. The number of H-pyrrole nitrogens is 1. The number of rotatable bonds is 2. The van der Waals surface area contributed by atoms with Crippen molar-refractivity contribution >= 4 is 40.1 Å². The first-order valence-electron chi connectivity index (χ1n) is 7.25. The van der Waals surface area contributed by atoms with Gasteiger partial charge in [0, 0.05) is 5.02 Å². The normalized spacial score (nSPS) is 18.1. The van der Waals surface area contributed by atoms with Crippen LogP contribution in [0.3, 0.4) is 0 Å². The Morgan fingerprint density at radius 2 is 1.83 bits per heavy atom. The second-order valence-corrected chi connectivity index (χ2v) is 5.90. The number of halogens is 1. The van der Waals surface area contributed by atoms with Crippen LogP contribution in [0, 0.1) is 0 Å². The number of nitrogens with one attached hydrogen (secondary N) is 1. The van der Waals surface area contributed by atoms with Gasteiger partial charge in [0.15, 0.2) is 17.1 Å². The van der Waals surface area contributed by atoms with E-state index in [1.807, 2.05) is 28.8 Å². The molecule has 0 saturated carbocycles. The fourth-order valence-corrected chi connectivity index (χ4v) is 3.11. The average molecular weight is 327 g/mol. The number of hydrogen-bond acceptors (Lipinski definition) is 2. The van der Waals surface area contributed by atoms with E-state index in [-0.39, 0.29) is 18.2 Å². The number of aromatic nitrogens is 2. The standard InChI is InChI=1S/C17H12ClN3O2/c18-11-5-7-12(8-6-11)21-16(22)9-15(17(21)23)20-10-19-13-3-1-2-4-14(13)20/h1-8,10,15H,9H2/p+1. The van der Waals surface area contributed by atoms with Gasteiger partial charge in [0.1, 0.15) is 0 Å². The summed E-state index contributed by atoms with van der Waals surface area (Å²) in [6, 6.07) is 13.9. The molecule has 0 bridgehead atoms. The van der Waals surface area contributed by atoms with Crippen molar-refractivity contribution in [2.24, 2.45) is 0 Å². The third-order valence-corrected chi connectivity index (χ3v) is 4.34. The zero-order valence-electron chi connectivity index (χ0n) is 12.1. The number of nitrogens with zero attached hydrogens (tertiary/aromatic N) is 2. The molecular weight excluding hydrogens is 314 g/mol. The van der Waals surface area contributed by atoms with Gasteiger partial charge in [-0.3, -0.25) is 9.59 Å². The van der Waals surface area contributed by atoms with Crippen LogP contribution in [0.5, 0.6) is 0 Å². The third-order valence-electron chi connectivity index (χ3n) is 4.08. The second-order valence-electron chi connectivity index (χ2n) is 5.46. The van der Waals surface area contributed by atoms with Crippen molar-refractivity contribution in [2.45, 2.75) is 12.5 Å². The minimum Gasteiger partial charge on any atom is -0.274 e. The Morgan fingerprint density at radius 3 is 2.61 bits per heavy atom. The van der Waals surface area contributed by atoms with Crippen LogP contribution >= 0.6 is 11.6 Å². The van der Waals surface area contributed by atoms with Crippen molar-refractivity contribution in [1.29, 1.82) is 0 Å². The number of benzene rings is 2. The predicted octanol–water partition coefficient (Wildman–Crippen LogP) is 2.61. The highest BCUT2D eigenvalue weighted by Gasteiger charge is 2.44. The topological polar surface area (TPSA) is 57.0 Å². The van der Waals surface area contributed by atoms with E-state index >= 15 is 0 Å². The number of carbonyl (C=O) groups excluding carboxylic acids is 2. The highest BCUT2D eigenvalue weighted by Crippen LogP contribution is 2.28. The summed E-state index contributed by atoms with van der Waals surface area (Å²) in [7, 11) is 0.